The molecule has 0 aliphatic heterocycles. The van der Waals surface area contributed by atoms with E-state index in [2.05, 4.69) is 5.32 Å². The van der Waals surface area contributed by atoms with Crippen LogP contribution in [0.4, 0.5) is 5.69 Å². The molecule has 2 aromatic rings. The molecular formula is C16H17ClN2O2. The molecule has 0 radical (unpaired) electrons. The van der Waals surface area contributed by atoms with Gasteiger partial charge >= 0.3 is 0 Å². The zero-order valence-electron chi connectivity index (χ0n) is 11.5. The van der Waals surface area contributed by atoms with Gasteiger partial charge in [-0.05, 0) is 54.9 Å². The van der Waals surface area contributed by atoms with Gasteiger partial charge in [-0.1, -0.05) is 23.7 Å². The van der Waals surface area contributed by atoms with E-state index in [0.717, 1.165) is 12.0 Å². The topological polar surface area (TPSA) is 64.3 Å². The molecule has 0 heterocycles. The molecule has 0 aromatic heterocycles. The molecule has 0 aliphatic rings. The molecule has 0 saturated heterocycles. The Hall–Kier alpha value is -2.04. The predicted octanol–water partition coefficient (Wildman–Crippen LogP) is 2.86. The largest absolute Gasteiger partial charge is 0.484 e. The van der Waals surface area contributed by atoms with Crippen molar-refractivity contribution >= 4 is 23.2 Å². The standard InChI is InChI=1S/C16H17ClN2O2/c17-13-4-6-14(7-5-13)19-16(20)11-21-15-3-1-2-12(10-15)8-9-18/h1-7,10H,8-9,11,18H2,(H,19,20). The van der Waals surface area contributed by atoms with Gasteiger partial charge in [0.25, 0.3) is 5.91 Å². The third-order valence-electron chi connectivity index (χ3n) is 2.83. The first kappa shape index (κ1) is 15.4. The van der Waals surface area contributed by atoms with Gasteiger partial charge in [-0.25, -0.2) is 0 Å². The van der Waals surface area contributed by atoms with Gasteiger partial charge in [0.05, 0.1) is 0 Å². The molecule has 0 aliphatic carbocycles. The van der Waals surface area contributed by atoms with Crippen LogP contribution < -0.4 is 15.8 Å². The second kappa shape index (κ2) is 7.67. The van der Waals surface area contributed by atoms with Crippen molar-refractivity contribution < 1.29 is 9.53 Å². The number of hydrogen-bond acceptors (Lipinski definition) is 3. The van der Waals surface area contributed by atoms with Crippen molar-refractivity contribution in [1.82, 2.24) is 0 Å². The summed E-state index contributed by atoms with van der Waals surface area (Å²) >= 11 is 5.78. The summed E-state index contributed by atoms with van der Waals surface area (Å²) in [7, 11) is 0. The SMILES string of the molecule is NCCc1cccc(OCC(=O)Nc2ccc(Cl)cc2)c1. The summed E-state index contributed by atoms with van der Waals surface area (Å²) in [6.07, 6.45) is 0.786. The fourth-order valence-corrected chi connectivity index (χ4v) is 1.96. The van der Waals surface area contributed by atoms with E-state index < -0.39 is 0 Å². The van der Waals surface area contributed by atoms with Crippen LogP contribution in [-0.2, 0) is 11.2 Å². The average molecular weight is 305 g/mol. The first-order chi connectivity index (χ1) is 10.2. The Labute approximate surface area is 128 Å². The Kier molecular flexibility index (Phi) is 5.60. The van der Waals surface area contributed by atoms with E-state index in [-0.39, 0.29) is 12.5 Å². The minimum Gasteiger partial charge on any atom is -0.484 e. The number of carbonyl (C=O) groups excluding carboxylic acids is 1. The molecule has 4 nitrogen and oxygen atoms in total. The highest BCUT2D eigenvalue weighted by molar-refractivity contribution is 6.30. The number of benzene rings is 2. The van der Waals surface area contributed by atoms with Crippen LogP contribution in [0.25, 0.3) is 0 Å². The number of anilines is 1. The second-order valence-corrected chi connectivity index (χ2v) is 4.97. The number of amides is 1. The van der Waals surface area contributed by atoms with Crippen LogP contribution in [0.3, 0.4) is 0 Å². The van der Waals surface area contributed by atoms with E-state index in [0.29, 0.717) is 23.0 Å². The van der Waals surface area contributed by atoms with Crippen LogP contribution in [0, 0.1) is 0 Å². The van der Waals surface area contributed by atoms with E-state index in [1.54, 1.807) is 24.3 Å². The van der Waals surface area contributed by atoms with Crippen molar-refractivity contribution in [2.24, 2.45) is 5.73 Å². The van der Waals surface area contributed by atoms with E-state index in [1.807, 2.05) is 24.3 Å². The molecule has 0 saturated carbocycles. The summed E-state index contributed by atoms with van der Waals surface area (Å²) in [5.41, 5.74) is 7.29. The van der Waals surface area contributed by atoms with Gasteiger partial charge < -0.3 is 15.8 Å². The molecule has 0 unspecified atom stereocenters. The summed E-state index contributed by atoms with van der Waals surface area (Å²) in [4.78, 5) is 11.8. The number of nitrogens with two attached hydrogens (primary N) is 1. The van der Waals surface area contributed by atoms with Crippen LogP contribution in [0.15, 0.2) is 48.5 Å². The van der Waals surface area contributed by atoms with E-state index in [9.17, 15) is 4.79 Å². The van der Waals surface area contributed by atoms with Gasteiger partial charge in [0.2, 0.25) is 0 Å². The Balaban J connectivity index is 1.86. The highest BCUT2D eigenvalue weighted by Gasteiger charge is 2.04. The lowest BCUT2D eigenvalue weighted by atomic mass is 10.1. The van der Waals surface area contributed by atoms with Crippen molar-refractivity contribution in [1.29, 1.82) is 0 Å². The Morgan fingerprint density at radius 2 is 1.95 bits per heavy atom. The zero-order chi connectivity index (χ0) is 15.1. The average Bonchev–Trinajstić information content (AvgIpc) is 2.48. The molecule has 2 rings (SSSR count). The maximum Gasteiger partial charge on any atom is 0.262 e. The van der Waals surface area contributed by atoms with Crippen LogP contribution in [0.5, 0.6) is 5.75 Å². The van der Waals surface area contributed by atoms with E-state index in [1.165, 1.54) is 0 Å². The summed E-state index contributed by atoms with van der Waals surface area (Å²) < 4.78 is 5.47. The van der Waals surface area contributed by atoms with Gasteiger partial charge in [0.1, 0.15) is 5.75 Å². The molecule has 5 heteroatoms. The number of ether oxygens (including phenoxy) is 1. The molecule has 0 bridgehead atoms. The number of hydrogen-bond donors (Lipinski definition) is 2. The lowest BCUT2D eigenvalue weighted by Crippen LogP contribution is -2.20. The Bertz CT molecular complexity index is 599. The molecule has 1 amide bonds. The number of rotatable bonds is 6. The Morgan fingerprint density at radius 3 is 2.67 bits per heavy atom. The van der Waals surface area contributed by atoms with Gasteiger partial charge in [0, 0.05) is 10.7 Å². The third-order valence-corrected chi connectivity index (χ3v) is 3.08. The van der Waals surface area contributed by atoms with Crippen molar-refractivity contribution in [2.45, 2.75) is 6.42 Å². The molecule has 0 atom stereocenters. The number of nitrogens with one attached hydrogen (secondary N) is 1. The van der Waals surface area contributed by atoms with Gasteiger partial charge in [-0.3, -0.25) is 4.79 Å². The first-order valence-corrected chi connectivity index (χ1v) is 7.02. The fraction of sp³-hybridized carbons (Fsp3) is 0.188. The molecule has 0 fully saturated rings. The molecule has 110 valence electrons. The van der Waals surface area contributed by atoms with Gasteiger partial charge in [0.15, 0.2) is 6.61 Å². The van der Waals surface area contributed by atoms with Crippen LogP contribution in [0.2, 0.25) is 5.02 Å². The van der Waals surface area contributed by atoms with Crippen LogP contribution >= 0.6 is 11.6 Å². The van der Waals surface area contributed by atoms with Crippen molar-refractivity contribution in [3.05, 3.63) is 59.1 Å². The molecular weight excluding hydrogens is 288 g/mol. The van der Waals surface area contributed by atoms with Gasteiger partial charge in [-0.2, -0.15) is 0 Å². The minimum absolute atomic E-state index is 0.0469. The summed E-state index contributed by atoms with van der Waals surface area (Å²) in [5.74, 6) is 0.439. The molecule has 0 spiro atoms. The maximum absolute atomic E-state index is 11.8. The number of halogens is 1. The maximum atomic E-state index is 11.8. The van der Waals surface area contributed by atoms with Crippen molar-refractivity contribution in [3.63, 3.8) is 0 Å². The zero-order valence-corrected chi connectivity index (χ0v) is 12.3. The highest BCUT2D eigenvalue weighted by Crippen LogP contribution is 2.15. The third kappa shape index (κ3) is 5.10. The first-order valence-electron chi connectivity index (χ1n) is 6.64. The normalized spacial score (nSPS) is 10.2. The summed E-state index contributed by atoms with van der Waals surface area (Å²) in [6, 6.07) is 14.5. The molecule has 21 heavy (non-hydrogen) atoms. The molecule has 2 aromatic carbocycles. The molecule has 3 N–H and O–H groups in total. The van der Waals surface area contributed by atoms with Crippen molar-refractivity contribution in [3.8, 4) is 5.75 Å². The fourth-order valence-electron chi connectivity index (χ4n) is 1.84. The number of carbonyl (C=O) groups is 1. The Morgan fingerprint density at radius 1 is 1.19 bits per heavy atom. The van der Waals surface area contributed by atoms with Crippen molar-refractivity contribution in [2.75, 3.05) is 18.5 Å². The van der Waals surface area contributed by atoms with Gasteiger partial charge in [-0.15, -0.1) is 0 Å². The summed E-state index contributed by atoms with van der Waals surface area (Å²) in [5, 5.41) is 3.36. The van der Waals surface area contributed by atoms with E-state index in [4.69, 9.17) is 22.1 Å². The summed E-state index contributed by atoms with van der Waals surface area (Å²) in [6.45, 7) is 0.537. The lowest BCUT2D eigenvalue weighted by molar-refractivity contribution is -0.118. The smallest absolute Gasteiger partial charge is 0.262 e. The van der Waals surface area contributed by atoms with E-state index >= 15 is 0 Å². The van der Waals surface area contributed by atoms with Crippen LogP contribution in [0.1, 0.15) is 5.56 Å². The monoisotopic (exact) mass is 304 g/mol. The highest BCUT2D eigenvalue weighted by atomic mass is 35.5. The second-order valence-electron chi connectivity index (χ2n) is 4.53. The quantitative estimate of drug-likeness (QED) is 0.862. The predicted molar refractivity (Wildman–Crippen MR) is 84.8 cm³/mol. The van der Waals surface area contributed by atoms with Crippen LogP contribution in [-0.4, -0.2) is 19.1 Å². The minimum atomic E-state index is -0.221. The lowest BCUT2D eigenvalue weighted by Gasteiger charge is -2.08.